The van der Waals surface area contributed by atoms with E-state index in [9.17, 15) is 14.7 Å². The molecule has 1 atom stereocenters. The maximum absolute atomic E-state index is 14.5. The van der Waals surface area contributed by atoms with E-state index in [1.807, 2.05) is 49.4 Å². The van der Waals surface area contributed by atoms with Crippen molar-refractivity contribution in [3.8, 4) is 16.8 Å². The van der Waals surface area contributed by atoms with Crippen molar-refractivity contribution in [1.29, 1.82) is 0 Å². The first-order valence-electron chi connectivity index (χ1n) is 13.2. The molecule has 0 saturated heterocycles. The first-order valence-corrected chi connectivity index (χ1v) is 13.6. The smallest absolute Gasteiger partial charge is 0.263 e. The van der Waals surface area contributed by atoms with Crippen LogP contribution in [0.15, 0.2) is 89.1 Å². The average molecular weight is 580 g/mol. The third-order valence-corrected chi connectivity index (χ3v) is 7.42. The summed E-state index contributed by atoms with van der Waals surface area (Å²) in [5.74, 6) is 0.583. The van der Waals surface area contributed by atoms with Gasteiger partial charge in [0.2, 0.25) is 0 Å². The maximum Gasteiger partial charge on any atom is 0.263 e. The van der Waals surface area contributed by atoms with Crippen LogP contribution in [0, 0.1) is 0 Å². The summed E-state index contributed by atoms with van der Waals surface area (Å²) in [5, 5.41) is 15.2. The van der Waals surface area contributed by atoms with Gasteiger partial charge in [-0.25, -0.2) is 19.9 Å². The van der Waals surface area contributed by atoms with Crippen molar-refractivity contribution in [2.75, 3.05) is 5.32 Å². The molecule has 0 unspecified atom stereocenters. The van der Waals surface area contributed by atoms with E-state index in [0.717, 1.165) is 0 Å². The Labute approximate surface area is 244 Å². The zero-order valence-corrected chi connectivity index (χ0v) is 23.7. The number of aromatic nitrogens is 6. The van der Waals surface area contributed by atoms with Gasteiger partial charge in [0.25, 0.3) is 5.56 Å². The number of pyridine rings is 2. The highest BCUT2D eigenvalue weighted by atomic mass is 35.5. The predicted octanol–water partition coefficient (Wildman–Crippen LogP) is 5.13. The summed E-state index contributed by atoms with van der Waals surface area (Å²) in [6, 6.07) is 15.5. The van der Waals surface area contributed by atoms with Gasteiger partial charge in [0.05, 0.1) is 22.1 Å². The van der Waals surface area contributed by atoms with E-state index in [2.05, 4.69) is 30.2 Å². The fraction of sp³-hybridized carbons (Fsp3) is 0.161. The lowest BCUT2D eigenvalue weighted by atomic mass is 9.99. The molecule has 210 valence electrons. The lowest BCUT2D eigenvalue weighted by Gasteiger charge is -2.24. The number of anilines is 1. The molecule has 0 spiro atoms. The summed E-state index contributed by atoms with van der Waals surface area (Å²) in [4.78, 5) is 47.3. The Balaban J connectivity index is 1.58. The van der Waals surface area contributed by atoms with Crippen molar-refractivity contribution < 1.29 is 5.11 Å². The number of hydrogen-bond acceptors (Lipinski definition) is 8. The summed E-state index contributed by atoms with van der Waals surface area (Å²) in [5.41, 5.74) is 0.953. The fourth-order valence-corrected chi connectivity index (χ4v) is 5.46. The van der Waals surface area contributed by atoms with Crippen LogP contribution in [0.5, 0.6) is 0 Å². The van der Waals surface area contributed by atoms with Crippen LogP contribution in [0.2, 0.25) is 5.02 Å². The van der Waals surface area contributed by atoms with Gasteiger partial charge in [0, 0.05) is 41.3 Å². The number of halogens is 1. The number of nitrogens with one attached hydrogen (secondary N) is 2. The Morgan fingerprint density at radius 1 is 0.952 bits per heavy atom. The third kappa shape index (κ3) is 4.70. The summed E-state index contributed by atoms with van der Waals surface area (Å²) < 4.78 is 1.57. The Kier molecular flexibility index (Phi) is 6.80. The molecule has 4 heterocycles. The first kappa shape index (κ1) is 27.3. The number of aromatic amines is 1. The Hall–Kier alpha value is -4.93. The zero-order chi connectivity index (χ0) is 29.6. The lowest BCUT2D eigenvalue weighted by Crippen LogP contribution is -2.27. The quantitative estimate of drug-likeness (QED) is 0.247. The number of para-hydroxylation sites is 1. The molecule has 2 aromatic carbocycles. The van der Waals surface area contributed by atoms with Crippen molar-refractivity contribution in [1.82, 2.24) is 29.5 Å². The van der Waals surface area contributed by atoms with Crippen LogP contribution in [-0.4, -0.2) is 34.6 Å². The fourth-order valence-electron chi connectivity index (χ4n) is 5.05. The normalized spacial score (nSPS) is 12.5. The Morgan fingerprint density at radius 3 is 2.40 bits per heavy atom. The molecule has 0 saturated carbocycles. The Morgan fingerprint density at radius 2 is 1.69 bits per heavy atom. The molecule has 10 nitrogen and oxygen atoms in total. The highest BCUT2D eigenvalue weighted by molar-refractivity contribution is 6.36. The number of aliphatic hydroxyl groups is 1. The summed E-state index contributed by atoms with van der Waals surface area (Å²) >= 11 is 7.16. The second-order valence-electron chi connectivity index (χ2n) is 10.4. The monoisotopic (exact) mass is 579 g/mol. The molecule has 0 aliphatic heterocycles. The van der Waals surface area contributed by atoms with Crippen LogP contribution in [0.4, 0.5) is 5.82 Å². The lowest BCUT2D eigenvalue weighted by molar-refractivity contribution is 0.0687. The molecule has 0 aliphatic rings. The first-order chi connectivity index (χ1) is 20.1. The van der Waals surface area contributed by atoms with Crippen LogP contribution in [0.3, 0.4) is 0 Å². The SMILES string of the molecule is C[C@H](Nc1ncnc2[nH]ccc(=O)c12)c1c(Cl)c2cccc(-c3cnc(C(C)(C)O)nc3)c2c(=O)n1-c1ccccc1. The number of hydrogen-bond donors (Lipinski definition) is 3. The minimum atomic E-state index is -1.21. The number of rotatable bonds is 6. The van der Waals surface area contributed by atoms with Gasteiger partial charge in [0.1, 0.15) is 28.8 Å². The number of H-pyrrole nitrogens is 1. The molecule has 0 bridgehead atoms. The number of fused-ring (bicyclic) bond motifs is 2. The van der Waals surface area contributed by atoms with E-state index in [0.29, 0.717) is 55.2 Å². The van der Waals surface area contributed by atoms with Crippen molar-refractivity contribution in [3.05, 3.63) is 117 Å². The molecule has 0 radical (unpaired) electrons. The van der Waals surface area contributed by atoms with E-state index in [1.54, 1.807) is 36.9 Å². The maximum atomic E-state index is 14.5. The predicted molar refractivity (Wildman–Crippen MR) is 163 cm³/mol. The topological polar surface area (TPSA) is 139 Å². The molecule has 0 amide bonds. The van der Waals surface area contributed by atoms with Gasteiger partial charge in [-0.2, -0.15) is 0 Å². The van der Waals surface area contributed by atoms with Crippen LogP contribution < -0.4 is 16.3 Å². The second kappa shape index (κ2) is 10.5. The molecule has 0 fully saturated rings. The van der Waals surface area contributed by atoms with E-state index >= 15 is 0 Å². The molecule has 6 rings (SSSR count). The molecule has 3 N–H and O–H groups in total. The Bertz CT molecular complexity index is 2060. The highest BCUT2D eigenvalue weighted by Gasteiger charge is 2.25. The van der Waals surface area contributed by atoms with Crippen molar-refractivity contribution in [2.24, 2.45) is 0 Å². The second-order valence-corrected chi connectivity index (χ2v) is 10.8. The van der Waals surface area contributed by atoms with Gasteiger partial charge in [-0.05, 0) is 38.5 Å². The van der Waals surface area contributed by atoms with Crippen LogP contribution in [0.1, 0.15) is 38.3 Å². The molecule has 42 heavy (non-hydrogen) atoms. The van der Waals surface area contributed by atoms with Crippen LogP contribution in [0.25, 0.3) is 38.6 Å². The molecular weight excluding hydrogens is 554 g/mol. The molecule has 11 heteroatoms. The van der Waals surface area contributed by atoms with E-state index in [1.165, 1.54) is 18.6 Å². The number of benzene rings is 2. The van der Waals surface area contributed by atoms with E-state index < -0.39 is 11.6 Å². The zero-order valence-electron chi connectivity index (χ0n) is 23.0. The average Bonchev–Trinajstić information content (AvgIpc) is 2.98. The molecule has 4 aromatic heterocycles. The van der Waals surface area contributed by atoms with Crippen LogP contribution >= 0.6 is 11.6 Å². The van der Waals surface area contributed by atoms with Gasteiger partial charge in [0.15, 0.2) is 11.3 Å². The minimum absolute atomic E-state index is 0.244. The van der Waals surface area contributed by atoms with Crippen LogP contribution in [-0.2, 0) is 5.60 Å². The largest absolute Gasteiger partial charge is 0.382 e. The van der Waals surface area contributed by atoms with Crippen molar-refractivity contribution in [3.63, 3.8) is 0 Å². The molecule has 0 aliphatic carbocycles. The third-order valence-electron chi connectivity index (χ3n) is 7.02. The summed E-state index contributed by atoms with van der Waals surface area (Å²) in [7, 11) is 0. The van der Waals surface area contributed by atoms with Crippen molar-refractivity contribution in [2.45, 2.75) is 32.4 Å². The van der Waals surface area contributed by atoms with Gasteiger partial charge in [-0.1, -0.05) is 48.0 Å². The van der Waals surface area contributed by atoms with Gasteiger partial charge in [-0.3, -0.25) is 14.2 Å². The van der Waals surface area contributed by atoms with Crippen molar-refractivity contribution >= 4 is 39.2 Å². The summed E-state index contributed by atoms with van der Waals surface area (Å²) in [6.45, 7) is 5.06. The number of nitrogens with zero attached hydrogens (tertiary/aromatic N) is 5. The van der Waals surface area contributed by atoms with E-state index in [-0.39, 0.29) is 16.8 Å². The van der Waals surface area contributed by atoms with Gasteiger partial charge in [-0.15, -0.1) is 0 Å². The molecular formula is C31H26ClN7O3. The standard InChI is InChI=1S/C31H26ClN7O3/c1-17(38-28-24-22(40)12-13-33-27(24)36-16-37-28)26-25(32)21-11-7-10-20(18-14-34-30(35-15-18)31(2,3)42)23(21)29(41)39(26)19-8-5-4-6-9-19/h4-17,42H,1-3H3,(H2,33,36,37,38,40)/t17-/m0/s1. The van der Waals surface area contributed by atoms with Gasteiger partial charge < -0.3 is 15.4 Å². The summed E-state index contributed by atoms with van der Waals surface area (Å²) in [6.07, 6.45) is 6.06. The molecule has 6 aromatic rings. The van der Waals surface area contributed by atoms with Gasteiger partial charge >= 0.3 is 0 Å². The highest BCUT2D eigenvalue weighted by Crippen LogP contribution is 2.36. The van der Waals surface area contributed by atoms with E-state index in [4.69, 9.17) is 11.6 Å². The minimum Gasteiger partial charge on any atom is -0.382 e.